The van der Waals surface area contributed by atoms with Gasteiger partial charge >= 0.3 is 0 Å². The van der Waals surface area contributed by atoms with Crippen LogP contribution < -0.4 is 10.2 Å². The summed E-state index contributed by atoms with van der Waals surface area (Å²) < 4.78 is 0. The van der Waals surface area contributed by atoms with Crippen LogP contribution in [0.4, 0.5) is 5.69 Å². The average Bonchev–Trinajstić information content (AvgIpc) is 2.99. The van der Waals surface area contributed by atoms with Crippen LogP contribution in [0, 0.1) is 11.8 Å². The first-order chi connectivity index (χ1) is 13.3. The molecular weight excluding hydrogens is 334 g/mol. The fourth-order valence-corrected chi connectivity index (χ4v) is 6.36. The third-order valence-electron chi connectivity index (χ3n) is 8.01. The summed E-state index contributed by atoms with van der Waals surface area (Å²) in [5.74, 6) is 2.16. The Morgan fingerprint density at radius 1 is 0.963 bits per heavy atom. The number of benzene rings is 1. The predicted octanol–water partition coefficient (Wildman–Crippen LogP) is 3.77. The van der Waals surface area contributed by atoms with Gasteiger partial charge in [-0.25, -0.2) is 0 Å². The lowest BCUT2D eigenvalue weighted by atomic mass is 9.63. The Hall–Kier alpha value is -1.55. The molecule has 4 aliphatic rings. The minimum atomic E-state index is -0.331. The minimum absolute atomic E-state index is 0.239. The Morgan fingerprint density at radius 3 is 2.48 bits per heavy atom. The summed E-state index contributed by atoms with van der Waals surface area (Å²) in [5, 5.41) is 3.13. The van der Waals surface area contributed by atoms with E-state index < -0.39 is 0 Å². The highest BCUT2D eigenvalue weighted by Crippen LogP contribution is 2.47. The second kappa shape index (κ2) is 7.12. The van der Waals surface area contributed by atoms with Crippen molar-refractivity contribution in [1.29, 1.82) is 0 Å². The van der Waals surface area contributed by atoms with Crippen LogP contribution in [0.25, 0.3) is 0 Å². The van der Waals surface area contributed by atoms with Crippen molar-refractivity contribution in [3.63, 3.8) is 0 Å². The van der Waals surface area contributed by atoms with Crippen molar-refractivity contribution in [1.82, 2.24) is 10.2 Å². The fourth-order valence-electron chi connectivity index (χ4n) is 6.36. The van der Waals surface area contributed by atoms with Gasteiger partial charge in [0.05, 0.1) is 6.67 Å². The molecule has 1 N–H and O–H groups in total. The summed E-state index contributed by atoms with van der Waals surface area (Å²) in [6.07, 6.45) is 12.0. The van der Waals surface area contributed by atoms with Crippen LogP contribution >= 0.6 is 0 Å². The van der Waals surface area contributed by atoms with Gasteiger partial charge in [-0.2, -0.15) is 0 Å². The van der Waals surface area contributed by atoms with Crippen LogP contribution in [0.1, 0.15) is 57.8 Å². The van der Waals surface area contributed by atoms with Gasteiger partial charge in [0.15, 0.2) is 0 Å². The van der Waals surface area contributed by atoms with Crippen molar-refractivity contribution >= 4 is 11.6 Å². The van der Waals surface area contributed by atoms with Crippen LogP contribution in [-0.4, -0.2) is 42.1 Å². The van der Waals surface area contributed by atoms with Gasteiger partial charge in [-0.1, -0.05) is 50.3 Å². The third kappa shape index (κ3) is 2.97. The van der Waals surface area contributed by atoms with Gasteiger partial charge in [-0.3, -0.25) is 9.69 Å². The normalized spacial score (nSPS) is 33.7. The summed E-state index contributed by atoms with van der Waals surface area (Å²) in [6.45, 7) is 2.80. The minimum Gasteiger partial charge on any atom is -0.339 e. The number of fused-ring (bicyclic) bond motifs is 1. The number of amides is 1. The molecule has 2 aliphatic carbocycles. The van der Waals surface area contributed by atoms with Crippen LogP contribution in [0.2, 0.25) is 0 Å². The zero-order valence-electron chi connectivity index (χ0n) is 16.4. The summed E-state index contributed by atoms with van der Waals surface area (Å²) in [6, 6.07) is 11.3. The van der Waals surface area contributed by atoms with Gasteiger partial charge in [0.1, 0.15) is 5.54 Å². The Kier molecular flexibility index (Phi) is 4.63. The molecule has 5 rings (SSSR count). The van der Waals surface area contributed by atoms with E-state index in [2.05, 4.69) is 39.4 Å². The van der Waals surface area contributed by atoms with Crippen molar-refractivity contribution in [2.75, 3.05) is 24.7 Å². The maximum absolute atomic E-state index is 12.8. The number of carbonyl (C=O) groups is 1. The summed E-state index contributed by atoms with van der Waals surface area (Å²) in [5.41, 5.74) is 0.843. The molecule has 1 spiro atoms. The zero-order chi connectivity index (χ0) is 18.3. The second-order valence-electron chi connectivity index (χ2n) is 9.21. The van der Waals surface area contributed by atoms with Crippen LogP contribution in [0.5, 0.6) is 0 Å². The SMILES string of the molecule is O=C1NCN(c2ccccc2)C12CCN(C1CC3CCCCCCC31)CC2. The number of rotatable bonds is 2. The van der Waals surface area contributed by atoms with Gasteiger partial charge < -0.3 is 10.2 Å². The maximum atomic E-state index is 12.8. The number of para-hydroxylation sites is 1. The van der Waals surface area contributed by atoms with Crippen molar-refractivity contribution < 1.29 is 4.79 Å². The van der Waals surface area contributed by atoms with Crippen LogP contribution in [0.3, 0.4) is 0 Å². The molecule has 1 amide bonds. The Balaban J connectivity index is 1.27. The van der Waals surface area contributed by atoms with E-state index in [9.17, 15) is 4.79 Å². The number of piperidine rings is 1. The van der Waals surface area contributed by atoms with E-state index in [0.717, 1.165) is 43.8 Å². The molecular formula is C23H33N3O. The number of carbonyl (C=O) groups excluding carboxylic acids is 1. The van der Waals surface area contributed by atoms with Gasteiger partial charge in [0.25, 0.3) is 0 Å². The molecule has 2 saturated heterocycles. The number of nitrogens with one attached hydrogen (secondary N) is 1. The standard InChI is InChI=1S/C23H33N3O/c27-22-23(26(17-24-22)19-9-5-3-6-10-19)12-14-25(15-13-23)21-16-18-8-4-1-2-7-11-20(18)21/h3,5-6,9-10,18,20-21H,1-2,4,7-8,11-17H2,(H,24,27). The smallest absolute Gasteiger partial charge is 0.247 e. The number of anilines is 1. The third-order valence-corrected chi connectivity index (χ3v) is 8.01. The molecule has 0 bridgehead atoms. The Bertz CT molecular complexity index is 667. The second-order valence-corrected chi connectivity index (χ2v) is 9.21. The van der Waals surface area contributed by atoms with Crippen molar-refractivity contribution in [3.05, 3.63) is 30.3 Å². The average molecular weight is 368 g/mol. The number of hydrogen-bond acceptors (Lipinski definition) is 3. The molecule has 4 nitrogen and oxygen atoms in total. The lowest BCUT2D eigenvalue weighted by Gasteiger charge is -2.54. The summed E-state index contributed by atoms with van der Waals surface area (Å²) >= 11 is 0. The number of likely N-dealkylation sites (tertiary alicyclic amines) is 1. The molecule has 0 aromatic heterocycles. The molecule has 3 atom stereocenters. The van der Waals surface area contributed by atoms with Gasteiger partial charge in [-0.15, -0.1) is 0 Å². The van der Waals surface area contributed by atoms with Crippen molar-refractivity contribution in [2.45, 2.75) is 69.4 Å². The summed E-state index contributed by atoms with van der Waals surface area (Å²) in [7, 11) is 0. The van der Waals surface area contributed by atoms with Gasteiger partial charge in [0, 0.05) is 24.8 Å². The highest BCUT2D eigenvalue weighted by Gasteiger charge is 2.52. The van der Waals surface area contributed by atoms with E-state index >= 15 is 0 Å². The predicted molar refractivity (Wildman–Crippen MR) is 109 cm³/mol. The molecule has 1 aromatic carbocycles. The molecule has 4 heteroatoms. The first-order valence-electron chi connectivity index (χ1n) is 11.1. The zero-order valence-corrected chi connectivity index (χ0v) is 16.4. The molecule has 146 valence electrons. The largest absolute Gasteiger partial charge is 0.339 e. The fraction of sp³-hybridized carbons (Fsp3) is 0.696. The highest BCUT2D eigenvalue weighted by molar-refractivity contribution is 5.93. The molecule has 2 heterocycles. The topological polar surface area (TPSA) is 35.6 Å². The van der Waals surface area contributed by atoms with E-state index in [1.165, 1.54) is 50.6 Å². The molecule has 2 saturated carbocycles. The Labute approximate surface area is 163 Å². The van der Waals surface area contributed by atoms with Crippen molar-refractivity contribution in [3.8, 4) is 0 Å². The Morgan fingerprint density at radius 2 is 1.70 bits per heavy atom. The molecule has 2 aliphatic heterocycles. The number of nitrogens with zero attached hydrogens (tertiary/aromatic N) is 2. The number of hydrogen-bond donors (Lipinski definition) is 1. The molecule has 27 heavy (non-hydrogen) atoms. The van der Waals surface area contributed by atoms with E-state index in [1.54, 1.807) is 0 Å². The molecule has 1 aromatic rings. The summed E-state index contributed by atoms with van der Waals surface area (Å²) in [4.78, 5) is 17.9. The van der Waals surface area contributed by atoms with Crippen LogP contribution in [0.15, 0.2) is 30.3 Å². The molecule has 4 fully saturated rings. The van der Waals surface area contributed by atoms with E-state index in [4.69, 9.17) is 0 Å². The monoisotopic (exact) mass is 367 g/mol. The van der Waals surface area contributed by atoms with Crippen molar-refractivity contribution in [2.24, 2.45) is 11.8 Å². The highest BCUT2D eigenvalue weighted by atomic mass is 16.2. The van der Waals surface area contributed by atoms with E-state index in [1.807, 2.05) is 6.07 Å². The quantitative estimate of drug-likeness (QED) is 0.864. The molecule has 3 unspecified atom stereocenters. The lowest BCUT2D eigenvalue weighted by Crippen LogP contribution is -2.61. The van der Waals surface area contributed by atoms with E-state index in [0.29, 0.717) is 6.67 Å². The maximum Gasteiger partial charge on any atom is 0.247 e. The van der Waals surface area contributed by atoms with Gasteiger partial charge in [0.2, 0.25) is 5.91 Å². The first-order valence-corrected chi connectivity index (χ1v) is 11.1. The lowest BCUT2D eigenvalue weighted by molar-refractivity contribution is -0.126. The van der Waals surface area contributed by atoms with E-state index in [-0.39, 0.29) is 11.4 Å². The molecule has 0 radical (unpaired) electrons. The first kappa shape index (κ1) is 17.5. The van der Waals surface area contributed by atoms with Gasteiger partial charge in [-0.05, 0) is 49.7 Å². The van der Waals surface area contributed by atoms with Crippen LogP contribution in [-0.2, 0) is 4.79 Å².